The lowest BCUT2D eigenvalue weighted by Crippen LogP contribution is -2.32. The Labute approximate surface area is 111 Å². The van der Waals surface area contributed by atoms with Gasteiger partial charge in [0.25, 0.3) is 0 Å². The van der Waals surface area contributed by atoms with Gasteiger partial charge in [0.05, 0.1) is 0 Å². The van der Waals surface area contributed by atoms with Gasteiger partial charge in [0.15, 0.2) is 0 Å². The zero-order chi connectivity index (χ0) is 12.3. The van der Waals surface area contributed by atoms with E-state index in [1.54, 1.807) is 6.20 Å². The third-order valence-electron chi connectivity index (χ3n) is 3.07. The molecule has 1 aromatic heterocycles. The van der Waals surface area contributed by atoms with Gasteiger partial charge in [0.2, 0.25) is 0 Å². The molecule has 94 valence electrons. The van der Waals surface area contributed by atoms with E-state index in [0.717, 1.165) is 0 Å². The van der Waals surface area contributed by atoms with Gasteiger partial charge in [-0.05, 0) is 25.6 Å². The Hall–Kier alpha value is -0.390. The molecule has 0 aliphatic carbocycles. The molecule has 0 radical (unpaired) electrons. The van der Waals surface area contributed by atoms with Crippen LogP contribution in [-0.4, -0.2) is 34.5 Å². The Morgan fingerprint density at radius 3 is 2.94 bits per heavy atom. The monoisotopic (exact) mass is 269 g/mol. The van der Waals surface area contributed by atoms with Crippen molar-refractivity contribution in [2.45, 2.75) is 18.2 Å². The highest BCUT2D eigenvalue weighted by molar-refractivity contribution is 8.06. The van der Waals surface area contributed by atoms with E-state index in [-0.39, 0.29) is 0 Å². The van der Waals surface area contributed by atoms with Gasteiger partial charge in [-0.3, -0.25) is 0 Å². The van der Waals surface area contributed by atoms with Crippen LogP contribution in [0.3, 0.4) is 0 Å². The number of hydrogen-bond acceptors (Lipinski definition) is 5. The second kappa shape index (κ2) is 5.98. The molecule has 3 N–H and O–H groups in total. The van der Waals surface area contributed by atoms with Crippen LogP contribution in [0.5, 0.6) is 0 Å². The summed E-state index contributed by atoms with van der Waals surface area (Å²) in [6.07, 6.45) is 1.78. The standard InChI is InChI=1S/C12H19N3S2/c1-8-3-4-15-12(13)10(8)11(14-2)9-7-16-5-6-17-9/h3-4,9,11,14H,5-7H2,1-2H3,(H2,13,15). The Morgan fingerprint density at radius 1 is 1.53 bits per heavy atom. The Morgan fingerprint density at radius 2 is 2.35 bits per heavy atom. The second-order valence-electron chi connectivity index (χ2n) is 4.18. The van der Waals surface area contributed by atoms with E-state index in [2.05, 4.69) is 17.2 Å². The van der Waals surface area contributed by atoms with Gasteiger partial charge in [-0.1, -0.05) is 0 Å². The van der Waals surface area contributed by atoms with E-state index >= 15 is 0 Å². The topological polar surface area (TPSA) is 50.9 Å². The number of hydrogen-bond donors (Lipinski definition) is 2. The number of nitrogens with zero attached hydrogens (tertiary/aromatic N) is 1. The minimum atomic E-state index is 0.307. The van der Waals surface area contributed by atoms with Crippen LogP contribution >= 0.6 is 23.5 Å². The molecule has 0 bridgehead atoms. The molecule has 1 saturated heterocycles. The van der Waals surface area contributed by atoms with Gasteiger partial charge in [-0.15, -0.1) is 0 Å². The smallest absolute Gasteiger partial charge is 0.128 e. The molecule has 3 nitrogen and oxygen atoms in total. The molecule has 1 aromatic rings. The van der Waals surface area contributed by atoms with Gasteiger partial charge in [0.1, 0.15) is 5.82 Å². The summed E-state index contributed by atoms with van der Waals surface area (Å²) >= 11 is 4.07. The Bertz CT molecular complexity index is 358. The zero-order valence-electron chi connectivity index (χ0n) is 10.3. The van der Waals surface area contributed by atoms with Crippen LogP contribution in [-0.2, 0) is 0 Å². The normalized spacial score (nSPS) is 22.4. The van der Waals surface area contributed by atoms with E-state index in [9.17, 15) is 0 Å². The average molecular weight is 269 g/mol. The fourth-order valence-electron chi connectivity index (χ4n) is 2.21. The van der Waals surface area contributed by atoms with Crippen molar-refractivity contribution in [1.29, 1.82) is 0 Å². The second-order valence-corrected chi connectivity index (χ2v) is 6.67. The highest BCUT2D eigenvalue weighted by atomic mass is 32.2. The fraction of sp³-hybridized carbons (Fsp3) is 0.583. The number of nitrogens with two attached hydrogens (primary N) is 1. The maximum absolute atomic E-state index is 6.04. The Balaban J connectivity index is 2.27. The maximum Gasteiger partial charge on any atom is 0.128 e. The number of nitrogen functional groups attached to an aromatic ring is 1. The zero-order valence-corrected chi connectivity index (χ0v) is 11.9. The molecule has 5 heteroatoms. The number of pyridine rings is 1. The number of rotatable bonds is 3. The summed E-state index contributed by atoms with van der Waals surface area (Å²) in [5.41, 5.74) is 8.44. The van der Waals surface area contributed by atoms with Crippen LogP contribution in [0.1, 0.15) is 17.2 Å². The van der Waals surface area contributed by atoms with Gasteiger partial charge >= 0.3 is 0 Å². The fourth-order valence-corrected chi connectivity index (χ4v) is 5.10. The van der Waals surface area contributed by atoms with E-state index in [1.807, 2.05) is 36.6 Å². The van der Waals surface area contributed by atoms with Gasteiger partial charge in [-0.2, -0.15) is 23.5 Å². The largest absolute Gasteiger partial charge is 0.383 e. The average Bonchev–Trinajstić information content (AvgIpc) is 2.35. The van der Waals surface area contributed by atoms with Crippen LogP contribution in [0.25, 0.3) is 0 Å². The molecule has 0 saturated carbocycles. The lowest BCUT2D eigenvalue weighted by atomic mass is 10.0. The first-order chi connectivity index (χ1) is 8.24. The molecule has 1 aliphatic heterocycles. The van der Waals surface area contributed by atoms with Crippen LogP contribution in [0.2, 0.25) is 0 Å². The summed E-state index contributed by atoms with van der Waals surface area (Å²) in [6.45, 7) is 2.11. The number of thioether (sulfide) groups is 2. The maximum atomic E-state index is 6.04. The van der Waals surface area contributed by atoms with Crippen molar-refractivity contribution < 1.29 is 0 Å². The highest BCUT2D eigenvalue weighted by Gasteiger charge is 2.27. The lowest BCUT2D eigenvalue weighted by Gasteiger charge is -2.30. The van der Waals surface area contributed by atoms with E-state index < -0.39 is 0 Å². The molecule has 2 heterocycles. The van der Waals surface area contributed by atoms with Crippen molar-refractivity contribution in [1.82, 2.24) is 10.3 Å². The molecule has 0 amide bonds. The summed E-state index contributed by atoms with van der Waals surface area (Å²) in [4.78, 5) is 4.23. The summed E-state index contributed by atoms with van der Waals surface area (Å²) < 4.78 is 0. The highest BCUT2D eigenvalue weighted by Crippen LogP contribution is 2.36. The summed E-state index contributed by atoms with van der Waals surface area (Å²) in [5.74, 6) is 4.34. The molecule has 17 heavy (non-hydrogen) atoms. The third-order valence-corrected chi connectivity index (χ3v) is 5.94. The van der Waals surface area contributed by atoms with E-state index in [0.29, 0.717) is 17.1 Å². The summed E-state index contributed by atoms with van der Waals surface area (Å²) in [6, 6.07) is 2.35. The molecule has 0 aromatic carbocycles. The molecular formula is C12H19N3S2. The number of aryl methyl sites for hydroxylation is 1. The minimum absolute atomic E-state index is 0.307. The number of aromatic nitrogens is 1. The molecular weight excluding hydrogens is 250 g/mol. The summed E-state index contributed by atoms with van der Waals surface area (Å²) in [7, 11) is 2.01. The molecule has 1 aliphatic rings. The van der Waals surface area contributed by atoms with E-state index in [4.69, 9.17) is 5.73 Å². The lowest BCUT2D eigenvalue weighted by molar-refractivity contribution is 0.589. The first-order valence-corrected chi connectivity index (χ1v) is 8.02. The van der Waals surface area contributed by atoms with Crippen molar-refractivity contribution in [3.05, 3.63) is 23.4 Å². The van der Waals surface area contributed by atoms with Gasteiger partial charge < -0.3 is 11.1 Å². The molecule has 1 fully saturated rings. The van der Waals surface area contributed by atoms with E-state index in [1.165, 1.54) is 28.4 Å². The van der Waals surface area contributed by atoms with Gasteiger partial charge in [0, 0.05) is 40.3 Å². The first-order valence-electron chi connectivity index (χ1n) is 5.81. The third kappa shape index (κ3) is 2.89. The SMILES string of the molecule is CNC(c1c(C)ccnc1N)C1CSCCS1. The van der Waals surface area contributed by atoms with Crippen molar-refractivity contribution in [3.8, 4) is 0 Å². The number of nitrogens with one attached hydrogen (secondary N) is 1. The molecule has 2 unspecified atom stereocenters. The van der Waals surface area contributed by atoms with Crippen LogP contribution < -0.4 is 11.1 Å². The quantitative estimate of drug-likeness (QED) is 0.880. The first kappa shape index (κ1) is 13.1. The van der Waals surface area contributed by atoms with Crippen molar-refractivity contribution in [3.63, 3.8) is 0 Å². The summed E-state index contributed by atoms with van der Waals surface area (Å²) in [5, 5.41) is 4.00. The van der Waals surface area contributed by atoms with Crippen molar-refractivity contribution in [2.24, 2.45) is 0 Å². The van der Waals surface area contributed by atoms with Crippen LogP contribution in [0, 0.1) is 6.92 Å². The minimum Gasteiger partial charge on any atom is -0.383 e. The molecule has 0 spiro atoms. The van der Waals surface area contributed by atoms with Crippen molar-refractivity contribution >= 4 is 29.3 Å². The molecule has 2 atom stereocenters. The predicted molar refractivity (Wildman–Crippen MR) is 78.8 cm³/mol. The molecule has 2 rings (SSSR count). The van der Waals surface area contributed by atoms with Crippen LogP contribution in [0.4, 0.5) is 5.82 Å². The predicted octanol–water partition coefficient (Wildman–Crippen LogP) is 2.08. The number of anilines is 1. The Kier molecular flexibility index (Phi) is 4.59. The van der Waals surface area contributed by atoms with Crippen LogP contribution in [0.15, 0.2) is 12.3 Å². The van der Waals surface area contributed by atoms with Gasteiger partial charge in [-0.25, -0.2) is 4.98 Å². The van der Waals surface area contributed by atoms with Crippen molar-refractivity contribution in [2.75, 3.05) is 30.0 Å².